The molecule has 0 radical (unpaired) electrons. The Kier molecular flexibility index (Phi) is 4.80. The molecule has 0 amide bonds. The van der Waals surface area contributed by atoms with Crippen molar-refractivity contribution < 1.29 is 21.9 Å². The second kappa shape index (κ2) is 6.63. The van der Waals surface area contributed by atoms with Gasteiger partial charge in [-0.25, -0.2) is 17.2 Å². The number of ether oxygens (including phenoxy) is 1. The maximum Gasteiger partial charge on any atom is 0.175 e. The molecule has 3 rings (SSSR count). The highest BCUT2D eigenvalue weighted by Gasteiger charge is 2.42. The van der Waals surface area contributed by atoms with Crippen LogP contribution in [0.3, 0.4) is 0 Å². The van der Waals surface area contributed by atoms with Crippen molar-refractivity contribution in [2.45, 2.75) is 28.7 Å². The van der Waals surface area contributed by atoms with Crippen molar-refractivity contribution in [3.05, 3.63) is 52.8 Å². The summed E-state index contributed by atoms with van der Waals surface area (Å²) in [5, 5.41) is 8.95. The van der Waals surface area contributed by atoms with Gasteiger partial charge in [-0.05, 0) is 29.8 Å². The molecule has 1 unspecified atom stereocenters. The van der Waals surface area contributed by atoms with Crippen LogP contribution in [-0.4, -0.2) is 20.8 Å². The molecule has 3 atom stereocenters. The van der Waals surface area contributed by atoms with E-state index >= 15 is 0 Å². The quantitative estimate of drug-likeness (QED) is 0.642. The number of alkyl halides is 2. The molecule has 0 heterocycles. The first-order chi connectivity index (χ1) is 12.1. The summed E-state index contributed by atoms with van der Waals surface area (Å²) >= 11 is 3.27. The predicted molar refractivity (Wildman–Crippen MR) is 95.7 cm³/mol. The Morgan fingerprint density at radius 2 is 1.92 bits per heavy atom. The molecule has 4 nitrogen and oxygen atoms in total. The van der Waals surface area contributed by atoms with Gasteiger partial charge in [0.1, 0.15) is 23.5 Å². The van der Waals surface area contributed by atoms with E-state index in [-0.39, 0.29) is 22.0 Å². The molecule has 2 aromatic carbocycles. The summed E-state index contributed by atoms with van der Waals surface area (Å²) in [7, 11) is -3.56. The van der Waals surface area contributed by atoms with Crippen LogP contribution >= 0.6 is 15.9 Å². The number of fused-ring (bicyclic) bond motifs is 1. The van der Waals surface area contributed by atoms with Crippen molar-refractivity contribution in [1.29, 1.82) is 5.26 Å². The Bertz CT molecular complexity index is 1030. The number of hydrogen-bond acceptors (Lipinski definition) is 4. The highest BCUT2D eigenvalue weighted by Crippen LogP contribution is 2.53. The van der Waals surface area contributed by atoms with E-state index in [1.165, 1.54) is 18.2 Å². The number of rotatable bonds is 3. The zero-order valence-corrected chi connectivity index (χ0v) is 16.2. The zero-order chi connectivity index (χ0) is 19.2. The normalized spacial score (nSPS) is 21.9. The van der Waals surface area contributed by atoms with Gasteiger partial charge in [0.2, 0.25) is 0 Å². The minimum atomic E-state index is -3.56. The van der Waals surface area contributed by atoms with Gasteiger partial charge in [0, 0.05) is 23.8 Å². The first kappa shape index (κ1) is 18.8. The number of nitriles is 1. The van der Waals surface area contributed by atoms with E-state index < -0.39 is 32.6 Å². The molecular formula is C18H14BrF2NO3S. The number of nitrogens with zero attached hydrogens (tertiary/aromatic N) is 1. The van der Waals surface area contributed by atoms with Crippen molar-refractivity contribution in [3.63, 3.8) is 0 Å². The largest absolute Gasteiger partial charge is 0.457 e. The number of sulfone groups is 1. The minimum Gasteiger partial charge on any atom is -0.457 e. The maximum atomic E-state index is 14.6. The Hall–Kier alpha value is -1.98. The second-order valence-electron chi connectivity index (χ2n) is 6.19. The van der Waals surface area contributed by atoms with Gasteiger partial charge in [-0.3, -0.25) is 0 Å². The Morgan fingerprint density at radius 3 is 2.54 bits per heavy atom. The van der Waals surface area contributed by atoms with Crippen LogP contribution in [0.25, 0.3) is 0 Å². The molecule has 1 aliphatic rings. The third-order valence-electron chi connectivity index (χ3n) is 4.32. The monoisotopic (exact) mass is 441 g/mol. The maximum absolute atomic E-state index is 14.6. The average Bonchev–Trinajstić information content (AvgIpc) is 2.79. The standard InChI is InChI=1S/C18H14BrF2NO3S/c1-9-15-14(26(2,23)24)4-3-13(16(15)17(19)18(9)21)25-12-6-10(8-22)5-11(20)7-12/h3-7,9,17-18H,1-2H3/t9-,17?,18-/m0/s1. The Morgan fingerprint density at radius 1 is 1.23 bits per heavy atom. The predicted octanol–water partition coefficient (Wildman–Crippen LogP) is 4.78. The molecule has 0 saturated carbocycles. The lowest BCUT2D eigenvalue weighted by molar-refractivity contribution is 0.307. The molecule has 136 valence electrons. The lowest BCUT2D eigenvalue weighted by Crippen LogP contribution is -2.08. The van der Waals surface area contributed by atoms with Crippen LogP contribution in [0.5, 0.6) is 11.5 Å². The number of benzene rings is 2. The van der Waals surface area contributed by atoms with Crippen molar-refractivity contribution in [2.75, 3.05) is 6.26 Å². The number of hydrogen-bond donors (Lipinski definition) is 0. The smallest absolute Gasteiger partial charge is 0.175 e. The van der Waals surface area contributed by atoms with Crippen molar-refractivity contribution in [2.24, 2.45) is 0 Å². The molecule has 0 aromatic heterocycles. The van der Waals surface area contributed by atoms with E-state index in [0.29, 0.717) is 11.1 Å². The van der Waals surface area contributed by atoms with E-state index in [0.717, 1.165) is 18.4 Å². The van der Waals surface area contributed by atoms with Crippen molar-refractivity contribution in [3.8, 4) is 17.6 Å². The lowest BCUT2D eigenvalue weighted by Gasteiger charge is -2.16. The highest BCUT2D eigenvalue weighted by molar-refractivity contribution is 9.09. The summed E-state index contributed by atoms with van der Waals surface area (Å²) in [5.74, 6) is -0.998. The Labute approximate surface area is 158 Å². The van der Waals surface area contributed by atoms with Gasteiger partial charge in [0.15, 0.2) is 9.84 Å². The van der Waals surface area contributed by atoms with Gasteiger partial charge in [0.05, 0.1) is 21.4 Å². The van der Waals surface area contributed by atoms with E-state index in [2.05, 4.69) is 15.9 Å². The van der Waals surface area contributed by atoms with Gasteiger partial charge in [0.25, 0.3) is 0 Å². The van der Waals surface area contributed by atoms with Gasteiger partial charge in [-0.2, -0.15) is 5.26 Å². The summed E-state index contributed by atoms with van der Waals surface area (Å²) < 4.78 is 58.1. The van der Waals surface area contributed by atoms with Gasteiger partial charge in [-0.15, -0.1) is 0 Å². The average molecular weight is 442 g/mol. The third kappa shape index (κ3) is 3.21. The zero-order valence-electron chi connectivity index (χ0n) is 13.8. The fraction of sp³-hybridized carbons (Fsp3) is 0.278. The summed E-state index contributed by atoms with van der Waals surface area (Å²) in [6.45, 7) is 1.61. The number of halogens is 3. The van der Waals surface area contributed by atoms with Crippen molar-refractivity contribution in [1.82, 2.24) is 0 Å². The SMILES string of the molecule is C[C@H]1c2c(S(C)(=O)=O)ccc(Oc3cc(F)cc(C#N)c3)c2C(Br)[C@H]1F. The van der Waals surface area contributed by atoms with Gasteiger partial charge >= 0.3 is 0 Å². The lowest BCUT2D eigenvalue weighted by atomic mass is 10.0. The van der Waals surface area contributed by atoms with Crippen LogP contribution < -0.4 is 4.74 Å². The van der Waals surface area contributed by atoms with Gasteiger partial charge in [-0.1, -0.05) is 22.9 Å². The Balaban J connectivity index is 2.17. The highest BCUT2D eigenvalue weighted by atomic mass is 79.9. The first-order valence-corrected chi connectivity index (χ1v) is 10.5. The summed E-state index contributed by atoms with van der Waals surface area (Å²) in [6.07, 6.45) is -0.270. The fourth-order valence-corrected chi connectivity index (χ4v) is 5.09. The molecule has 0 N–H and O–H groups in total. The molecule has 2 aromatic rings. The second-order valence-corrected chi connectivity index (χ2v) is 9.16. The van der Waals surface area contributed by atoms with Crippen LogP contribution in [0.15, 0.2) is 35.2 Å². The minimum absolute atomic E-state index is 0.0499. The summed E-state index contributed by atoms with van der Waals surface area (Å²) in [4.78, 5) is -0.706. The first-order valence-electron chi connectivity index (χ1n) is 7.67. The van der Waals surface area contributed by atoms with E-state index in [9.17, 15) is 17.2 Å². The fourth-order valence-electron chi connectivity index (χ4n) is 3.15. The molecule has 0 spiro atoms. The van der Waals surface area contributed by atoms with Gasteiger partial charge < -0.3 is 4.74 Å². The molecule has 0 saturated heterocycles. The molecule has 0 fully saturated rings. The molecule has 0 aliphatic heterocycles. The van der Waals surface area contributed by atoms with Crippen LogP contribution in [0, 0.1) is 17.1 Å². The molecular weight excluding hydrogens is 428 g/mol. The van der Waals surface area contributed by atoms with Crippen LogP contribution in [0.2, 0.25) is 0 Å². The van der Waals surface area contributed by atoms with E-state index in [1.807, 2.05) is 6.07 Å². The van der Waals surface area contributed by atoms with E-state index in [1.54, 1.807) is 6.92 Å². The third-order valence-corrected chi connectivity index (χ3v) is 6.44. The van der Waals surface area contributed by atoms with Crippen LogP contribution in [0.4, 0.5) is 8.78 Å². The summed E-state index contributed by atoms with van der Waals surface area (Å²) in [6, 6.07) is 8.14. The molecule has 8 heteroatoms. The molecule has 1 aliphatic carbocycles. The van der Waals surface area contributed by atoms with Crippen molar-refractivity contribution >= 4 is 25.8 Å². The van der Waals surface area contributed by atoms with Crippen LogP contribution in [0.1, 0.15) is 34.4 Å². The summed E-state index contributed by atoms with van der Waals surface area (Å²) in [5.41, 5.74) is 0.823. The molecule has 0 bridgehead atoms. The van der Waals surface area contributed by atoms with E-state index in [4.69, 9.17) is 10.00 Å². The topological polar surface area (TPSA) is 67.2 Å². The molecule has 26 heavy (non-hydrogen) atoms. The van der Waals surface area contributed by atoms with Crippen LogP contribution in [-0.2, 0) is 9.84 Å².